The molecule has 5 nitrogen and oxygen atoms in total. The Hall–Kier alpha value is -2.82. The molecule has 0 radical (unpaired) electrons. The number of rotatable bonds is 3. The predicted octanol–water partition coefficient (Wildman–Crippen LogP) is 4.67. The number of hydrogen-bond donors (Lipinski definition) is 1. The summed E-state index contributed by atoms with van der Waals surface area (Å²) in [5, 5.41) is 4.42. The number of hydrogen-bond acceptors (Lipinski definition) is 4. The number of carbonyl (C=O) groups excluding carboxylic acids is 2. The summed E-state index contributed by atoms with van der Waals surface area (Å²) in [6.07, 6.45) is -0.620. The van der Waals surface area contributed by atoms with E-state index in [4.69, 9.17) is 9.47 Å². The smallest absolute Gasteiger partial charge is 0.412 e. The van der Waals surface area contributed by atoms with Crippen LogP contribution in [0.15, 0.2) is 48.6 Å². The van der Waals surface area contributed by atoms with Crippen molar-refractivity contribution < 1.29 is 19.1 Å². The van der Waals surface area contributed by atoms with Gasteiger partial charge in [-0.25, -0.2) is 9.59 Å². The van der Waals surface area contributed by atoms with Gasteiger partial charge in [0.2, 0.25) is 0 Å². The Morgan fingerprint density at radius 3 is 2.21 bits per heavy atom. The van der Waals surface area contributed by atoms with Crippen molar-refractivity contribution >= 4 is 28.5 Å². The summed E-state index contributed by atoms with van der Waals surface area (Å²) in [5.74, 6) is -0.315. The van der Waals surface area contributed by atoms with Gasteiger partial charge >= 0.3 is 12.1 Å². The van der Waals surface area contributed by atoms with E-state index in [0.717, 1.165) is 10.8 Å². The Morgan fingerprint density at radius 2 is 1.67 bits per heavy atom. The van der Waals surface area contributed by atoms with E-state index in [2.05, 4.69) is 11.9 Å². The molecule has 126 valence electrons. The van der Waals surface area contributed by atoms with Gasteiger partial charge in [-0.1, -0.05) is 30.8 Å². The van der Waals surface area contributed by atoms with Crippen LogP contribution in [0, 0.1) is 0 Å². The Balaban J connectivity index is 2.39. The van der Waals surface area contributed by atoms with E-state index >= 15 is 0 Å². The van der Waals surface area contributed by atoms with Crippen LogP contribution in [0.3, 0.4) is 0 Å². The molecule has 24 heavy (non-hydrogen) atoms. The Bertz CT molecular complexity index is 803. The first kappa shape index (κ1) is 17.5. The third-order valence-corrected chi connectivity index (χ3v) is 3.03. The second kappa shape index (κ2) is 6.74. The summed E-state index contributed by atoms with van der Waals surface area (Å²) >= 11 is 0. The Morgan fingerprint density at radius 1 is 1.08 bits per heavy atom. The van der Waals surface area contributed by atoms with Crippen LogP contribution in [0.4, 0.5) is 10.5 Å². The van der Waals surface area contributed by atoms with Crippen molar-refractivity contribution in [3.63, 3.8) is 0 Å². The highest BCUT2D eigenvalue weighted by atomic mass is 16.6. The SMILES string of the molecule is C=C(C)C(=O)Oc1cc2ccccc2cc1NC(=O)OC(C)(C)C. The van der Waals surface area contributed by atoms with Crippen molar-refractivity contribution in [3.05, 3.63) is 48.6 Å². The lowest BCUT2D eigenvalue weighted by Crippen LogP contribution is -2.27. The van der Waals surface area contributed by atoms with Gasteiger partial charge in [-0.15, -0.1) is 0 Å². The summed E-state index contributed by atoms with van der Waals surface area (Å²) in [6, 6.07) is 11.0. The van der Waals surface area contributed by atoms with E-state index in [0.29, 0.717) is 5.69 Å². The van der Waals surface area contributed by atoms with Crippen LogP contribution < -0.4 is 10.1 Å². The van der Waals surface area contributed by atoms with E-state index in [1.54, 1.807) is 39.8 Å². The Labute approximate surface area is 141 Å². The van der Waals surface area contributed by atoms with Crippen LogP contribution in [0.5, 0.6) is 5.75 Å². The first-order valence-corrected chi connectivity index (χ1v) is 7.56. The maximum atomic E-state index is 12.0. The maximum Gasteiger partial charge on any atom is 0.412 e. The zero-order valence-electron chi connectivity index (χ0n) is 14.3. The second-order valence-electron chi connectivity index (χ2n) is 6.49. The maximum absolute atomic E-state index is 12.0. The first-order valence-electron chi connectivity index (χ1n) is 7.56. The van der Waals surface area contributed by atoms with Crippen molar-refractivity contribution in [2.45, 2.75) is 33.3 Å². The van der Waals surface area contributed by atoms with Gasteiger partial charge in [0.25, 0.3) is 0 Å². The van der Waals surface area contributed by atoms with Crippen molar-refractivity contribution in [1.82, 2.24) is 0 Å². The minimum absolute atomic E-state index is 0.243. The molecule has 0 spiro atoms. The predicted molar refractivity (Wildman–Crippen MR) is 94.3 cm³/mol. The van der Waals surface area contributed by atoms with E-state index in [-0.39, 0.29) is 11.3 Å². The fraction of sp³-hybridized carbons (Fsp3) is 0.263. The minimum atomic E-state index is -0.629. The van der Waals surface area contributed by atoms with Gasteiger partial charge in [-0.05, 0) is 50.6 Å². The monoisotopic (exact) mass is 327 g/mol. The second-order valence-corrected chi connectivity index (χ2v) is 6.49. The zero-order chi connectivity index (χ0) is 17.9. The number of amides is 1. The van der Waals surface area contributed by atoms with Crippen LogP contribution >= 0.6 is 0 Å². The number of anilines is 1. The van der Waals surface area contributed by atoms with E-state index in [1.165, 1.54) is 0 Å². The summed E-state index contributed by atoms with van der Waals surface area (Å²) in [6.45, 7) is 10.4. The lowest BCUT2D eigenvalue weighted by atomic mass is 10.1. The summed E-state index contributed by atoms with van der Waals surface area (Å²) in [4.78, 5) is 23.9. The number of nitrogens with one attached hydrogen (secondary N) is 1. The molecule has 0 saturated heterocycles. The van der Waals surface area contributed by atoms with Crippen LogP contribution in [0.1, 0.15) is 27.7 Å². The molecule has 0 fully saturated rings. The molecule has 1 N–H and O–H groups in total. The fourth-order valence-corrected chi connectivity index (χ4v) is 2.00. The summed E-state index contributed by atoms with van der Waals surface area (Å²) < 4.78 is 10.6. The minimum Gasteiger partial charge on any atom is -0.444 e. The summed E-state index contributed by atoms with van der Waals surface area (Å²) in [5.41, 5.74) is -0.000852. The molecule has 2 aromatic rings. The number of benzene rings is 2. The molecule has 0 aromatic heterocycles. The molecule has 0 heterocycles. The lowest BCUT2D eigenvalue weighted by molar-refractivity contribution is -0.130. The fourth-order valence-electron chi connectivity index (χ4n) is 2.00. The molecule has 1 amide bonds. The van der Waals surface area contributed by atoms with Crippen molar-refractivity contribution in [1.29, 1.82) is 0 Å². The van der Waals surface area contributed by atoms with Crippen molar-refractivity contribution in [2.24, 2.45) is 0 Å². The van der Waals surface area contributed by atoms with E-state index in [1.807, 2.05) is 24.3 Å². The quantitative estimate of drug-likeness (QED) is 0.505. The largest absolute Gasteiger partial charge is 0.444 e. The van der Waals surface area contributed by atoms with Crippen LogP contribution in [-0.4, -0.2) is 17.7 Å². The van der Waals surface area contributed by atoms with Gasteiger partial charge in [0.15, 0.2) is 5.75 Å². The van der Waals surface area contributed by atoms with Gasteiger partial charge in [-0.3, -0.25) is 5.32 Å². The average Bonchev–Trinajstić information content (AvgIpc) is 2.45. The van der Waals surface area contributed by atoms with Crippen LogP contribution in [0.25, 0.3) is 10.8 Å². The number of fused-ring (bicyclic) bond motifs is 1. The molecule has 2 rings (SSSR count). The molecular weight excluding hydrogens is 306 g/mol. The van der Waals surface area contributed by atoms with Gasteiger partial charge in [0, 0.05) is 5.57 Å². The number of carbonyl (C=O) groups is 2. The van der Waals surface area contributed by atoms with Crippen LogP contribution in [0.2, 0.25) is 0 Å². The number of esters is 1. The molecular formula is C19H21NO4. The average molecular weight is 327 g/mol. The highest BCUT2D eigenvalue weighted by Gasteiger charge is 2.19. The highest BCUT2D eigenvalue weighted by molar-refractivity contribution is 5.97. The standard InChI is InChI=1S/C19H21NO4/c1-12(2)17(21)23-16-11-14-9-7-6-8-13(14)10-15(16)20-18(22)24-19(3,4)5/h6-11H,1H2,2-5H3,(H,20,22). The normalized spacial score (nSPS) is 11.0. The number of ether oxygens (including phenoxy) is 2. The topological polar surface area (TPSA) is 64.6 Å². The molecule has 0 aliphatic carbocycles. The van der Waals surface area contributed by atoms with E-state index in [9.17, 15) is 9.59 Å². The van der Waals surface area contributed by atoms with Gasteiger partial charge < -0.3 is 9.47 Å². The third-order valence-electron chi connectivity index (χ3n) is 3.03. The van der Waals surface area contributed by atoms with Gasteiger partial charge in [0.05, 0.1) is 5.69 Å². The third kappa shape index (κ3) is 4.59. The Kier molecular flexibility index (Phi) is 4.93. The molecule has 5 heteroatoms. The highest BCUT2D eigenvalue weighted by Crippen LogP contribution is 2.31. The molecule has 0 unspecified atom stereocenters. The van der Waals surface area contributed by atoms with Crippen molar-refractivity contribution in [3.8, 4) is 5.75 Å². The van der Waals surface area contributed by atoms with Crippen molar-refractivity contribution in [2.75, 3.05) is 5.32 Å². The van der Waals surface area contributed by atoms with Gasteiger partial charge in [-0.2, -0.15) is 0 Å². The first-order chi connectivity index (χ1) is 11.2. The molecule has 0 bridgehead atoms. The molecule has 0 saturated carbocycles. The summed E-state index contributed by atoms with van der Waals surface area (Å²) in [7, 11) is 0. The zero-order valence-corrected chi connectivity index (χ0v) is 14.3. The molecule has 2 aromatic carbocycles. The molecule has 0 aliphatic rings. The van der Waals surface area contributed by atoms with Crippen LogP contribution in [-0.2, 0) is 9.53 Å². The van der Waals surface area contributed by atoms with Gasteiger partial charge in [0.1, 0.15) is 5.60 Å². The molecule has 0 atom stereocenters. The molecule has 0 aliphatic heterocycles. The van der Waals surface area contributed by atoms with E-state index < -0.39 is 17.7 Å². The lowest BCUT2D eigenvalue weighted by Gasteiger charge is -2.20.